The van der Waals surface area contributed by atoms with Crippen LogP contribution in [-0.4, -0.2) is 21.9 Å². The Morgan fingerprint density at radius 3 is 2.70 bits per heavy atom. The lowest BCUT2D eigenvalue weighted by Crippen LogP contribution is -1.99. The molecule has 2 rings (SSSR count). The van der Waals surface area contributed by atoms with Gasteiger partial charge in [0.25, 0.3) is 0 Å². The van der Waals surface area contributed by atoms with E-state index in [4.69, 9.17) is 5.11 Å². The molecule has 3 nitrogen and oxygen atoms in total. The van der Waals surface area contributed by atoms with E-state index in [1.165, 1.54) is 11.0 Å². The minimum absolute atomic E-state index is 0.930. The Morgan fingerprint density at radius 1 is 1.30 bits per heavy atom. The van der Waals surface area contributed by atoms with E-state index in [9.17, 15) is 4.79 Å². The van der Waals surface area contributed by atoms with Gasteiger partial charge in [0.1, 0.15) is 0 Å². The Kier molecular flexibility index (Phi) is 4.35. The van der Waals surface area contributed by atoms with Gasteiger partial charge in [-0.15, -0.1) is 11.8 Å². The molecule has 1 heterocycles. The second-order valence-corrected chi connectivity index (χ2v) is 5.41. The molecule has 0 unspecified atom stereocenters. The van der Waals surface area contributed by atoms with Crippen LogP contribution in [0.4, 0.5) is 0 Å². The molecule has 0 amide bonds. The summed E-state index contributed by atoms with van der Waals surface area (Å²) in [6.07, 6.45) is 4.86. The molecule has 0 aliphatic carbocycles. The van der Waals surface area contributed by atoms with E-state index in [1.54, 1.807) is 17.8 Å². The number of nitrogens with zero attached hydrogens (tertiary/aromatic N) is 1. The Morgan fingerprint density at radius 2 is 2.05 bits per heavy atom. The maximum atomic E-state index is 10.6. The van der Waals surface area contributed by atoms with Crippen molar-refractivity contribution in [3.8, 4) is 5.69 Å². The molecule has 1 N–H and O–H groups in total. The lowest BCUT2D eigenvalue weighted by molar-refractivity contribution is -0.131. The maximum Gasteiger partial charge on any atom is 0.328 e. The highest BCUT2D eigenvalue weighted by molar-refractivity contribution is 7.98. The summed E-state index contributed by atoms with van der Waals surface area (Å²) in [7, 11) is 0. The Bertz CT molecular complexity index is 671. The SMILES string of the molecule is CSc1cccc(-n2c(C)cc(/C=C/C(=O)O)c2C)c1. The van der Waals surface area contributed by atoms with Crippen molar-refractivity contribution < 1.29 is 9.90 Å². The second kappa shape index (κ2) is 6.01. The Hall–Kier alpha value is -1.94. The second-order valence-electron chi connectivity index (χ2n) is 4.53. The number of hydrogen-bond acceptors (Lipinski definition) is 2. The lowest BCUT2D eigenvalue weighted by Gasteiger charge is -2.10. The summed E-state index contributed by atoms with van der Waals surface area (Å²) in [5.41, 5.74) is 4.16. The van der Waals surface area contributed by atoms with Crippen LogP contribution in [0.15, 0.2) is 41.3 Å². The molecule has 0 radical (unpaired) electrons. The van der Waals surface area contributed by atoms with Gasteiger partial charge in [-0.3, -0.25) is 0 Å². The predicted molar refractivity (Wildman–Crippen MR) is 83.7 cm³/mol. The van der Waals surface area contributed by atoms with E-state index in [0.717, 1.165) is 22.6 Å². The quantitative estimate of drug-likeness (QED) is 0.684. The van der Waals surface area contributed by atoms with Crippen LogP contribution in [0.2, 0.25) is 0 Å². The smallest absolute Gasteiger partial charge is 0.328 e. The Labute approximate surface area is 122 Å². The van der Waals surface area contributed by atoms with Crippen molar-refractivity contribution in [3.05, 3.63) is 53.4 Å². The zero-order valence-electron chi connectivity index (χ0n) is 11.8. The molecule has 0 saturated heterocycles. The molecule has 1 aromatic heterocycles. The topological polar surface area (TPSA) is 42.2 Å². The van der Waals surface area contributed by atoms with Crippen LogP contribution in [0.3, 0.4) is 0 Å². The fourth-order valence-electron chi connectivity index (χ4n) is 2.26. The number of thioether (sulfide) groups is 1. The molecule has 4 heteroatoms. The molecule has 104 valence electrons. The van der Waals surface area contributed by atoms with E-state index in [-0.39, 0.29) is 0 Å². The van der Waals surface area contributed by atoms with Crippen LogP contribution in [0.5, 0.6) is 0 Å². The standard InChI is InChI=1S/C16H17NO2S/c1-11-9-13(7-8-16(18)19)12(2)17(11)14-5-4-6-15(10-14)20-3/h4-10H,1-3H3,(H,18,19)/b8-7+. The average molecular weight is 287 g/mol. The number of benzene rings is 1. The van der Waals surface area contributed by atoms with Crippen molar-refractivity contribution in [3.63, 3.8) is 0 Å². The number of carbonyl (C=O) groups is 1. The van der Waals surface area contributed by atoms with Gasteiger partial charge in [-0.2, -0.15) is 0 Å². The highest BCUT2D eigenvalue weighted by Crippen LogP contribution is 2.24. The highest BCUT2D eigenvalue weighted by atomic mass is 32.2. The largest absolute Gasteiger partial charge is 0.478 e. The molecule has 2 aromatic rings. The van der Waals surface area contributed by atoms with E-state index in [0.29, 0.717) is 0 Å². The summed E-state index contributed by atoms with van der Waals surface area (Å²) in [4.78, 5) is 11.8. The average Bonchev–Trinajstić information content (AvgIpc) is 2.71. The molecule has 0 bridgehead atoms. The van der Waals surface area contributed by atoms with Crippen LogP contribution in [0.25, 0.3) is 11.8 Å². The van der Waals surface area contributed by atoms with Gasteiger partial charge in [-0.1, -0.05) is 6.07 Å². The monoisotopic (exact) mass is 287 g/mol. The zero-order chi connectivity index (χ0) is 14.7. The van der Waals surface area contributed by atoms with E-state index in [1.807, 2.05) is 26.0 Å². The van der Waals surface area contributed by atoms with Crippen molar-refractivity contribution >= 4 is 23.8 Å². The van der Waals surface area contributed by atoms with Gasteiger partial charge in [-0.25, -0.2) is 4.79 Å². The fourth-order valence-corrected chi connectivity index (χ4v) is 2.72. The third-order valence-electron chi connectivity index (χ3n) is 3.19. The molecular weight excluding hydrogens is 270 g/mol. The first-order chi connectivity index (χ1) is 9.52. The van der Waals surface area contributed by atoms with Crippen molar-refractivity contribution in [2.75, 3.05) is 6.26 Å². The van der Waals surface area contributed by atoms with Crippen molar-refractivity contribution in [2.24, 2.45) is 0 Å². The minimum atomic E-state index is -0.931. The molecule has 0 atom stereocenters. The van der Waals surface area contributed by atoms with Gasteiger partial charge in [0.15, 0.2) is 0 Å². The molecule has 0 fully saturated rings. The number of rotatable bonds is 4. The highest BCUT2D eigenvalue weighted by Gasteiger charge is 2.09. The van der Waals surface area contributed by atoms with Crippen molar-refractivity contribution in [1.82, 2.24) is 4.57 Å². The summed E-state index contributed by atoms with van der Waals surface area (Å²) in [6, 6.07) is 10.3. The lowest BCUT2D eigenvalue weighted by atomic mass is 10.2. The Balaban J connectivity index is 2.49. The number of carboxylic acid groups (broad SMARTS) is 1. The van der Waals surface area contributed by atoms with Crippen molar-refractivity contribution in [2.45, 2.75) is 18.7 Å². The molecular formula is C16H17NO2S. The molecule has 20 heavy (non-hydrogen) atoms. The van der Waals surface area contributed by atoms with Gasteiger partial charge in [0.05, 0.1) is 0 Å². The number of carboxylic acids is 1. The van der Waals surface area contributed by atoms with Crippen LogP contribution in [0.1, 0.15) is 17.0 Å². The first-order valence-electron chi connectivity index (χ1n) is 6.27. The summed E-state index contributed by atoms with van der Waals surface area (Å²) in [5.74, 6) is -0.931. The van der Waals surface area contributed by atoms with E-state index in [2.05, 4.69) is 29.0 Å². The third-order valence-corrected chi connectivity index (χ3v) is 3.91. The number of aromatic nitrogens is 1. The van der Waals surface area contributed by atoms with Crippen LogP contribution in [0, 0.1) is 13.8 Å². The summed E-state index contributed by atoms with van der Waals surface area (Å²) >= 11 is 1.71. The number of hydrogen-bond donors (Lipinski definition) is 1. The van der Waals surface area contributed by atoms with E-state index >= 15 is 0 Å². The van der Waals surface area contributed by atoms with Crippen LogP contribution >= 0.6 is 11.8 Å². The zero-order valence-corrected chi connectivity index (χ0v) is 12.6. The summed E-state index contributed by atoms with van der Waals surface area (Å²) in [6.45, 7) is 4.02. The van der Waals surface area contributed by atoms with Gasteiger partial charge in [-0.05, 0) is 56.0 Å². The first-order valence-corrected chi connectivity index (χ1v) is 7.50. The molecule has 0 saturated carbocycles. The molecule has 0 aliphatic rings. The van der Waals surface area contributed by atoms with Crippen molar-refractivity contribution in [1.29, 1.82) is 0 Å². The fraction of sp³-hybridized carbons (Fsp3) is 0.188. The molecule has 1 aromatic carbocycles. The van der Waals surface area contributed by atoms with Crippen LogP contribution in [-0.2, 0) is 4.79 Å². The third kappa shape index (κ3) is 2.96. The first kappa shape index (κ1) is 14.5. The minimum Gasteiger partial charge on any atom is -0.478 e. The number of aryl methyl sites for hydroxylation is 1. The van der Waals surface area contributed by atoms with E-state index < -0.39 is 5.97 Å². The molecule has 0 aliphatic heterocycles. The van der Waals surface area contributed by atoms with Gasteiger partial charge >= 0.3 is 5.97 Å². The summed E-state index contributed by atoms with van der Waals surface area (Å²) < 4.78 is 2.14. The van der Waals surface area contributed by atoms with Gasteiger partial charge < -0.3 is 9.67 Å². The van der Waals surface area contributed by atoms with Gasteiger partial charge in [0, 0.05) is 28.0 Å². The number of aliphatic carboxylic acids is 1. The predicted octanol–water partition coefficient (Wildman–Crippen LogP) is 3.91. The maximum absolute atomic E-state index is 10.6. The van der Waals surface area contributed by atoms with Gasteiger partial charge in [0.2, 0.25) is 0 Å². The van der Waals surface area contributed by atoms with Crippen LogP contribution < -0.4 is 0 Å². The normalized spacial score (nSPS) is 11.2. The summed E-state index contributed by atoms with van der Waals surface area (Å²) in [5, 5.41) is 8.73. The molecule has 0 spiro atoms.